The number of ether oxygens (including phenoxy) is 1. The summed E-state index contributed by atoms with van der Waals surface area (Å²) in [6.07, 6.45) is 5.03. The van der Waals surface area contributed by atoms with Gasteiger partial charge in [-0.05, 0) is 30.9 Å². The molecule has 0 unspecified atom stereocenters. The van der Waals surface area contributed by atoms with Gasteiger partial charge >= 0.3 is 0 Å². The van der Waals surface area contributed by atoms with Crippen molar-refractivity contribution in [3.05, 3.63) is 35.9 Å². The summed E-state index contributed by atoms with van der Waals surface area (Å²) in [5.41, 5.74) is 7.11. The molecule has 0 radical (unpaired) electrons. The van der Waals surface area contributed by atoms with E-state index < -0.39 is 0 Å². The van der Waals surface area contributed by atoms with Crippen LogP contribution in [0.25, 0.3) is 10.9 Å². The number of rotatable bonds is 4. The first kappa shape index (κ1) is 12.9. The van der Waals surface area contributed by atoms with Crippen LogP contribution < -0.4 is 10.5 Å². The molecule has 0 bridgehead atoms. The first-order valence-corrected chi connectivity index (χ1v) is 7.11. The maximum absolute atomic E-state index is 7.70. The third-order valence-corrected chi connectivity index (χ3v) is 3.91. The van der Waals surface area contributed by atoms with Crippen LogP contribution in [0.15, 0.2) is 30.3 Å². The number of nitrogens with zero attached hydrogens (tertiary/aromatic N) is 1. The van der Waals surface area contributed by atoms with Gasteiger partial charge in [0.15, 0.2) is 0 Å². The lowest BCUT2D eigenvalue weighted by Crippen LogP contribution is -2.16. The lowest BCUT2D eigenvalue weighted by Gasteiger charge is -2.14. The number of nitrogens with one attached hydrogen (secondary N) is 1. The Morgan fingerprint density at radius 1 is 1.30 bits per heavy atom. The Labute approximate surface area is 118 Å². The minimum atomic E-state index is 0.00433. The van der Waals surface area contributed by atoms with Crippen molar-refractivity contribution in [3.63, 3.8) is 0 Å². The second kappa shape index (κ2) is 5.49. The number of benzene rings is 1. The number of hydrogen-bond donors (Lipinski definition) is 2. The summed E-state index contributed by atoms with van der Waals surface area (Å²) >= 11 is 0. The molecule has 1 saturated carbocycles. The van der Waals surface area contributed by atoms with Crippen LogP contribution in [0.2, 0.25) is 0 Å². The molecule has 3 N–H and O–H groups in total. The summed E-state index contributed by atoms with van der Waals surface area (Å²) in [5, 5.41) is 8.67. The average Bonchev–Trinajstić information content (AvgIpc) is 2.97. The fraction of sp³-hybridized carbons (Fsp3) is 0.375. The van der Waals surface area contributed by atoms with Gasteiger partial charge in [-0.3, -0.25) is 5.41 Å². The number of para-hydroxylation sites is 1. The molecule has 3 rings (SSSR count). The molecule has 1 fully saturated rings. The van der Waals surface area contributed by atoms with Crippen LogP contribution >= 0.6 is 0 Å². The molecule has 0 aliphatic heterocycles. The summed E-state index contributed by atoms with van der Waals surface area (Å²) in [6.45, 7) is 0.672. The molecule has 0 atom stereocenters. The molecule has 1 aromatic heterocycles. The van der Waals surface area contributed by atoms with Crippen LogP contribution in [0.5, 0.6) is 5.88 Å². The number of aromatic nitrogens is 1. The zero-order chi connectivity index (χ0) is 13.9. The lowest BCUT2D eigenvalue weighted by atomic mass is 10.1. The third kappa shape index (κ3) is 2.59. The van der Waals surface area contributed by atoms with E-state index in [2.05, 4.69) is 4.98 Å². The second-order valence-electron chi connectivity index (χ2n) is 5.41. The van der Waals surface area contributed by atoms with Gasteiger partial charge in [0.1, 0.15) is 5.84 Å². The monoisotopic (exact) mass is 269 g/mol. The van der Waals surface area contributed by atoms with Crippen LogP contribution in [0, 0.1) is 11.3 Å². The summed E-state index contributed by atoms with van der Waals surface area (Å²) < 4.78 is 5.86. The van der Waals surface area contributed by atoms with E-state index in [0.29, 0.717) is 24.0 Å². The highest BCUT2D eigenvalue weighted by Gasteiger charge is 2.17. The number of pyridine rings is 1. The zero-order valence-corrected chi connectivity index (χ0v) is 11.4. The highest BCUT2D eigenvalue weighted by atomic mass is 16.5. The van der Waals surface area contributed by atoms with Gasteiger partial charge in [-0.15, -0.1) is 0 Å². The molecule has 1 heterocycles. The van der Waals surface area contributed by atoms with Gasteiger partial charge in [0.2, 0.25) is 5.88 Å². The Bertz CT molecular complexity index is 633. The SMILES string of the molecule is N=C(N)c1cc2ccccc2nc1OCC1CCCC1. The summed E-state index contributed by atoms with van der Waals surface area (Å²) in [7, 11) is 0. The summed E-state index contributed by atoms with van der Waals surface area (Å²) in [6, 6.07) is 9.70. The van der Waals surface area contributed by atoms with Gasteiger partial charge in [-0.1, -0.05) is 31.0 Å². The molecular formula is C16H19N3O. The van der Waals surface area contributed by atoms with E-state index in [1.807, 2.05) is 30.3 Å². The predicted molar refractivity (Wildman–Crippen MR) is 80.2 cm³/mol. The summed E-state index contributed by atoms with van der Waals surface area (Å²) in [4.78, 5) is 4.51. The van der Waals surface area contributed by atoms with Gasteiger partial charge in [-0.25, -0.2) is 4.98 Å². The van der Waals surface area contributed by atoms with Crippen molar-refractivity contribution < 1.29 is 4.74 Å². The number of nitrogens with two attached hydrogens (primary N) is 1. The van der Waals surface area contributed by atoms with E-state index in [-0.39, 0.29) is 5.84 Å². The molecule has 0 spiro atoms. The van der Waals surface area contributed by atoms with Gasteiger partial charge in [-0.2, -0.15) is 0 Å². The Kier molecular flexibility index (Phi) is 3.54. The highest BCUT2D eigenvalue weighted by molar-refractivity contribution is 6.00. The molecule has 1 aliphatic carbocycles. The van der Waals surface area contributed by atoms with Crippen LogP contribution in [-0.2, 0) is 0 Å². The van der Waals surface area contributed by atoms with E-state index >= 15 is 0 Å². The van der Waals surface area contributed by atoms with Crippen LogP contribution in [-0.4, -0.2) is 17.4 Å². The van der Waals surface area contributed by atoms with E-state index in [4.69, 9.17) is 15.9 Å². The van der Waals surface area contributed by atoms with Crippen molar-refractivity contribution in [3.8, 4) is 5.88 Å². The fourth-order valence-corrected chi connectivity index (χ4v) is 2.78. The van der Waals surface area contributed by atoms with E-state index in [0.717, 1.165) is 10.9 Å². The highest BCUT2D eigenvalue weighted by Crippen LogP contribution is 2.27. The maximum Gasteiger partial charge on any atom is 0.225 e. The molecular weight excluding hydrogens is 250 g/mol. The van der Waals surface area contributed by atoms with E-state index in [1.165, 1.54) is 25.7 Å². The third-order valence-electron chi connectivity index (χ3n) is 3.91. The van der Waals surface area contributed by atoms with Crippen molar-refractivity contribution in [2.75, 3.05) is 6.61 Å². The number of hydrogen-bond acceptors (Lipinski definition) is 3. The van der Waals surface area contributed by atoms with Gasteiger partial charge < -0.3 is 10.5 Å². The van der Waals surface area contributed by atoms with Crippen molar-refractivity contribution in [2.24, 2.45) is 11.7 Å². The molecule has 0 saturated heterocycles. The Morgan fingerprint density at radius 2 is 2.05 bits per heavy atom. The number of amidine groups is 1. The van der Waals surface area contributed by atoms with Crippen molar-refractivity contribution in [1.29, 1.82) is 5.41 Å². The summed E-state index contributed by atoms with van der Waals surface area (Å²) in [5.74, 6) is 1.11. The molecule has 20 heavy (non-hydrogen) atoms. The molecule has 1 aliphatic rings. The largest absolute Gasteiger partial charge is 0.477 e. The molecule has 4 nitrogen and oxygen atoms in total. The minimum Gasteiger partial charge on any atom is -0.477 e. The number of fused-ring (bicyclic) bond motifs is 1. The normalized spacial score (nSPS) is 15.6. The van der Waals surface area contributed by atoms with E-state index in [1.54, 1.807) is 0 Å². The van der Waals surface area contributed by atoms with Gasteiger partial charge in [0, 0.05) is 5.39 Å². The number of nitrogen functional groups attached to an aromatic ring is 1. The van der Waals surface area contributed by atoms with Crippen LogP contribution in [0.3, 0.4) is 0 Å². The standard InChI is InChI=1S/C16H19N3O/c17-15(18)13-9-12-7-3-4-8-14(12)19-16(13)20-10-11-5-1-2-6-11/h3-4,7-9,11H,1-2,5-6,10H2,(H3,17,18). The van der Waals surface area contributed by atoms with Crippen molar-refractivity contribution >= 4 is 16.7 Å². The topological polar surface area (TPSA) is 72.0 Å². The van der Waals surface area contributed by atoms with Crippen LogP contribution in [0.4, 0.5) is 0 Å². The maximum atomic E-state index is 7.70. The first-order chi connectivity index (χ1) is 9.74. The second-order valence-corrected chi connectivity index (χ2v) is 5.41. The van der Waals surface area contributed by atoms with Gasteiger partial charge in [0.05, 0.1) is 17.7 Å². The molecule has 0 amide bonds. The van der Waals surface area contributed by atoms with Crippen LogP contribution in [0.1, 0.15) is 31.2 Å². The van der Waals surface area contributed by atoms with Crippen molar-refractivity contribution in [1.82, 2.24) is 4.98 Å². The average molecular weight is 269 g/mol. The smallest absolute Gasteiger partial charge is 0.225 e. The fourth-order valence-electron chi connectivity index (χ4n) is 2.78. The Hall–Kier alpha value is -2.10. The first-order valence-electron chi connectivity index (χ1n) is 7.11. The minimum absolute atomic E-state index is 0.00433. The Balaban J connectivity index is 1.90. The lowest BCUT2D eigenvalue weighted by molar-refractivity contribution is 0.244. The molecule has 104 valence electrons. The molecule has 1 aromatic carbocycles. The Morgan fingerprint density at radius 3 is 2.80 bits per heavy atom. The quantitative estimate of drug-likeness (QED) is 0.661. The van der Waals surface area contributed by atoms with Gasteiger partial charge in [0.25, 0.3) is 0 Å². The molecule has 2 aromatic rings. The zero-order valence-electron chi connectivity index (χ0n) is 11.4. The van der Waals surface area contributed by atoms with Crippen molar-refractivity contribution in [2.45, 2.75) is 25.7 Å². The predicted octanol–water partition coefficient (Wildman–Crippen LogP) is 3.09. The molecule has 4 heteroatoms. The van der Waals surface area contributed by atoms with E-state index in [9.17, 15) is 0 Å².